The maximum absolute atomic E-state index is 12.9. The smallest absolute Gasteiger partial charge is 0.291 e. The lowest BCUT2D eigenvalue weighted by atomic mass is 9.88. The topological polar surface area (TPSA) is 61.6 Å². The summed E-state index contributed by atoms with van der Waals surface area (Å²) in [6.07, 6.45) is 9.89. The lowest BCUT2D eigenvalue weighted by Crippen LogP contribution is -2.47. The van der Waals surface area contributed by atoms with E-state index in [9.17, 15) is 4.79 Å². The van der Waals surface area contributed by atoms with Crippen LogP contribution in [0.5, 0.6) is 0 Å². The molecule has 168 valence electrons. The van der Waals surface area contributed by atoms with Crippen molar-refractivity contribution in [3.8, 4) is 0 Å². The van der Waals surface area contributed by atoms with Crippen molar-refractivity contribution in [2.45, 2.75) is 38.6 Å². The number of furan rings is 1. The highest BCUT2D eigenvalue weighted by Gasteiger charge is 2.33. The van der Waals surface area contributed by atoms with Crippen LogP contribution in [0.1, 0.15) is 57.9 Å². The molecule has 2 aliphatic rings. The van der Waals surface area contributed by atoms with Gasteiger partial charge in [0.1, 0.15) is 5.00 Å². The number of carbonyl (C=O) groups is 1. The first kappa shape index (κ1) is 21.4. The van der Waals surface area contributed by atoms with E-state index in [-0.39, 0.29) is 11.9 Å². The van der Waals surface area contributed by atoms with E-state index < -0.39 is 0 Å². The minimum absolute atomic E-state index is 0.113. The van der Waals surface area contributed by atoms with Gasteiger partial charge in [0.25, 0.3) is 5.91 Å². The molecular formula is C25H30N4O2S. The molecule has 0 spiro atoms. The predicted octanol–water partition coefficient (Wildman–Crippen LogP) is 4.59. The fraction of sp³-hybridized carbons (Fsp3) is 0.440. The van der Waals surface area contributed by atoms with Crippen LogP contribution in [0, 0.1) is 0 Å². The quantitative estimate of drug-likeness (QED) is 0.595. The van der Waals surface area contributed by atoms with Gasteiger partial charge in [0.2, 0.25) is 0 Å². The highest BCUT2D eigenvalue weighted by Crippen LogP contribution is 2.45. The zero-order valence-corrected chi connectivity index (χ0v) is 19.4. The number of aromatic nitrogens is 1. The molecule has 1 fully saturated rings. The molecule has 3 aromatic rings. The van der Waals surface area contributed by atoms with Crippen molar-refractivity contribution in [1.29, 1.82) is 0 Å². The Kier molecular flexibility index (Phi) is 6.39. The zero-order valence-electron chi connectivity index (χ0n) is 18.5. The van der Waals surface area contributed by atoms with Gasteiger partial charge >= 0.3 is 0 Å². The van der Waals surface area contributed by atoms with E-state index in [2.05, 4.69) is 39.2 Å². The number of aryl methyl sites for hydroxylation is 1. The summed E-state index contributed by atoms with van der Waals surface area (Å²) in [5.74, 6) is 0.165. The second-order valence-corrected chi connectivity index (χ2v) is 9.64. The van der Waals surface area contributed by atoms with Crippen LogP contribution in [-0.4, -0.2) is 53.4 Å². The molecule has 7 heteroatoms. The number of likely N-dealkylation sites (N-methyl/N-ethyl adjacent to an activating group) is 1. The van der Waals surface area contributed by atoms with Gasteiger partial charge in [-0.1, -0.05) is 6.92 Å². The van der Waals surface area contributed by atoms with Crippen LogP contribution in [-0.2, 0) is 12.8 Å². The van der Waals surface area contributed by atoms with E-state index in [0.717, 1.165) is 50.6 Å². The van der Waals surface area contributed by atoms with Gasteiger partial charge in [-0.25, -0.2) is 0 Å². The van der Waals surface area contributed by atoms with Crippen molar-refractivity contribution in [3.63, 3.8) is 0 Å². The number of carbonyl (C=O) groups excluding carboxylic acids is 1. The number of nitrogens with zero attached hydrogens (tertiary/aromatic N) is 3. The summed E-state index contributed by atoms with van der Waals surface area (Å²) in [6, 6.07) is 7.83. The van der Waals surface area contributed by atoms with Crippen LogP contribution >= 0.6 is 11.3 Å². The molecule has 1 amide bonds. The van der Waals surface area contributed by atoms with Gasteiger partial charge in [-0.05, 0) is 67.6 Å². The Balaban J connectivity index is 1.57. The number of nitrogens with one attached hydrogen (secondary N) is 1. The number of hydrogen-bond donors (Lipinski definition) is 1. The van der Waals surface area contributed by atoms with Crippen LogP contribution in [0.4, 0.5) is 5.00 Å². The lowest BCUT2D eigenvalue weighted by Gasteiger charge is -2.40. The van der Waals surface area contributed by atoms with E-state index in [1.165, 1.54) is 34.4 Å². The van der Waals surface area contributed by atoms with Crippen LogP contribution in [0.3, 0.4) is 0 Å². The number of anilines is 1. The fourth-order valence-corrected chi connectivity index (χ4v) is 6.30. The molecule has 0 unspecified atom stereocenters. The summed E-state index contributed by atoms with van der Waals surface area (Å²) in [7, 11) is 0. The molecule has 32 heavy (non-hydrogen) atoms. The van der Waals surface area contributed by atoms with E-state index in [4.69, 9.17) is 4.42 Å². The summed E-state index contributed by atoms with van der Waals surface area (Å²) in [4.78, 5) is 23.7. The third-order valence-corrected chi connectivity index (χ3v) is 7.92. The normalized spacial score (nSPS) is 18.3. The molecule has 0 saturated carbocycles. The zero-order chi connectivity index (χ0) is 21.9. The highest BCUT2D eigenvalue weighted by atomic mass is 32.1. The molecule has 4 heterocycles. The average molecular weight is 451 g/mol. The number of hydrogen-bond acceptors (Lipinski definition) is 6. The molecule has 5 rings (SSSR count). The number of rotatable bonds is 6. The molecule has 3 aromatic heterocycles. The van der Waals surface area contributed by atoms with Crippen molar-refractivity contribution in [2.24, 2.45) is 0 Å². The van der Waals surface area contributed by atoms with Crippen molar-refractivity contribution in [1.82, 2.24) is 14.8 Å². The monoisotopic (exact) mass is 450 g/mol. The maximum atomic E-state index is 12.9. The molecule has 0 bridgehead atoms. The Morgan fingerprint density at radius 1 is 1.16 bits per heavy atom. The van der Waals surface area contributed by atoms with E-state index in [1.807, 2.05) is 12.4 Å². The lowest BCUT2D eigenvalue weighted by molar-refractivity contribution is 0.0995. The third kappa shape index (κ3) is 4.25. The van der Waals surface area contributed by atoms with Gasteiger partial charge in [0.15, 0.2) is 5.76 Å². The molecular weight excluding hydrogens is 420 g/mol. The SMILES string of the molecule is CCN1CCN([C@@H](c2ccncc2)c2c(NC(=O)c3ccco3)sc3c2CCCC3)CC1. The Hall–Kier alpha value is -2.48. The number of pyridine rings is 1. The Bertz CT molecular complexity index is 1040. The predicted molar refractivity (Wildman–Crippen MR) is 127 cm³/mol. The van der Waals surface area contributed by atoms with Gasteiger partial charge in [-0.15, -0.1) is 11.3 Å². The minimum atomic E-state index is -0.181. The Morgan fingerprint density at radius 3 is 2.66 bits per heavy atom. The van der Waals surface area contributed by atoms with Gasteiger partial charge in [-0.3, -0.25) is 14.7 Å². The van der Waals surface area contributed by atoms with Crippen molar-refractivity contribution in [3.05, 3.63) is 70.3 Å². The maximum Gasteiger partial charge on any atom is 0.291 e. The van der Waals surface area contributed by atoms with Crippen LogP contribution in [0.2, 0.25) is 0 Å². The molecule has 1 aliphatic carbocycles. The molecule has 1 aliphatic heterocycles. The van der Waals surface area contributed by atoms with Gasteiger partial charge in [0, 0.05) is 49.0 Å². The van der Waals surface area contributed by atoms with Crippen LogP contribution in [0.15, 0.2) is 47.3 Å². The highest BCUT2D eigenvalue weighted by molar-refractivity contribution is 7.16. The van der Waals surface area contributed by atoms with Crippen LogP contribution in [0.25, 0.3) is 0 Å². The number of thiophene rings is 1. The van der Waals surface area contributed by atoms with E-state index >= 15 is 0 Å². The molecule has 0 radical (unpaired) electrons. The van der Waals surface area contributed by atoms with Crippen molar-refractivity contribution in [2.75, 3.05) is 38.0 Å². The van der Waals surface area contributed by atoms with Crippen molar-refractivity contribution < 1.29 is 9.21 Å². The summed E-state index contributed by atoms with van der Waals surface area (Å²) < 4.78 is 5.36. The summed E-state index contributed by atoms with van der Waals surface area (Å²) in [5, 5.41) is 4.18. The standard InChI is InChI=1S/C25H30N4O2S/c1-2-28-13-15-29(16-14-28)23(18-9-11-26-12-10-18)22-19-6-3-4-8-21(19)32-25(22)27-24(30)20-7-5-17-31-20/h5,7,9-12,17,23H,2-4,6,8,13-16H2,1H3,(H,27,30)/t23-/m0/s1. The first-order valence-electron chi connectivity index (χ1n) is 11.6. The number of piperazine rings is 1. The summed E-state index contributed by atoms with van der Waals surface area (Å²) in [6.45, 7) is 7.48. The van der Waals surface area contributed by atoms with Gasteiger partial charge < -0.3 is 14.6 Å². The third-order valence-electron chi connectivity index (χ3n) is 6.70. The first-order valence-corrected chi connectivity index (χ1v) is 12.4. The molecule has 1 saturated heterocycles. The number of fused-ring (bicyclic) bond motifs is 1. The molecule has 0 aromatic carbocycles. The second kappa shape index (κ2) is 9.57. The average Bonchev–Trinajstić information content (AvgIpc) is 3.50. The summed E-state index contributed by atoms with van der Waals surface area (Å²) >= 11 is 1.75. The summed E-state index contributed by atoms with van der Waals surface area (Å²) in [5.41, 5.74) is 3.96. The molecule has 1 atom stereocenters. The van der Waals surface area contributed by atoms with Crippen LogP contribution < -0.4 is 5.32 Å². The van der Waals surface area contributed by atoms with Gasteiger partial charge in [0.05, 0.1) is 12.3 Å². The van der Waals surface area contributed by atoms with E-state index in [0.29, 0.717) is 5.76 Å². The molecule has 6 nitrogen and oxygen atoms in total. The van der Waals surface area contributed by atoms with E-state index in [1.54, 1.807) is 29.7 Å². The number of amides is 1. The Labute approximate surface area is 193 Å². The second-order valence-electron chi connectivity index (χ2n) is 8.54. The molecule has 1 N–H and O–H groups in total. The fourth-order valence-electron chi connectivity index (χ4n) is 4.99. The first-order chi connectivity index (χ1) is 15.7. The Morgan fingerprint density at radius 2 is 1.94 bits per heavy atom. The van der Waals surface area contributed by atoms with Crippen molar-refractivity contribution >= 4 is 22.2 Å². The minimum Gasteiger partial charge on any atom is -0.459 e. The largest absolute Gasteiger partial charge is 0.459 e. The van der Waals surface area contributed by atoms with Gasteiger partial charge in [-0.2, -0.15) is 0 Å².